The van der Waals surface area contributed by atoms with Gasteiger partial charge < -0.3 is 15.1 Å². The van der Waals surface area contributed by atoms with Gasteiger partial charge in [-0.15, -0.1) is 11.3 Å². The molecule has 0 aliphatic heterocycles. The predicted molar refractivity (Wildman–Crippen MR) is 137 cm³/mol. The maximum Gasteiger partial charge on any atom is 0.293 e. The molecule has 2 heterocycles. The van der Waals surface area contributed by atoms with E-state index in [4.69, 9.17) is 39.8 Å². The van der Waals surface area contributed by atoms with E-state index >= 15 is 0 Å². The number of hydrogen-bond donors (Lipinski definition) is 3. The summed E-state index contributed by atoms with van der Waals surface area (Å²) in [5, 5.41) is 10.9. The molecule has 2 aromatic carbocycles. The number of furan rings is 1. The summed E-state index contributed by atoms with van der Waals surface area (Å²) in [6.45, 7) is 0. The van der Waals surface area contributed by atoms with E-state index in [1.807, 2.05) is 11.4 Å². The van der Waals surface area contributed by atoms with E-state index in [0.29, 0.717) is 37.6 Å². The molecule has 0 atom stereocenters. The Labute approximate surface area is 208 Å². The first-order valence-corrected chi connectivity index (χ1v) is 11.6. The Bertz CT molecular complexity index is 1340. The molecule has 33 heavy (non-hydrogen) atoms. The van der Waals surface area contributed by atoms with Crippen LogP contribution in [0.1, 0.15) is 20.2 Å². The predicted octanol–water partition coefficient (Wildman–Crippen LogP) is 6.69. The minimum Gasteiger partial charge on any atom is -0.451 e. The molecular formula is C23H15Cl2N3O3S2. The van der Waals surface area contributed by atoms with Crippen molar-refractivity contribution in [2.45, 2.75) is 0 Å². The molecule has 2 aromatic heterocycles. The first kappa shape index (κ1) is 23.0. The second kappa shape index (κ2) is 10.2. The molecular weight excluding hydrogens is 501 g/mol. The van der Waals surface area contributed by atoms with Gasteiger partial charge in [0.25, 0.3) is 11.8 Å². The summed E-state index contributed by atoms with van der Waals surface area (Å²) >= 11 is 18.8. The number of carbonyl (C=O) groups is 2. The number of halogens is 2. The highest BCUT2D eigenvalue weighted by Crippen LogP contribution is 2.34. The second-order valence-corrected chi connectivity index (χ2v) is 8.83. The van der Waals surface area contributed by atoms with Crippen LogP contribution in [0.3, 0.4) is 0 Å². The smallest absolute Gasteiger partial charge is 0.293 e. The first-order chi connectivity index (χ1) is 15.9. The number of hydrogen-bond acceptors (Lipinski definition) is 5. The normalized spacial score (nSPS) is 10.5. The van der Waals surface area contributed by atoms with Crippen LogP contribution in [0.5, 0.6) is 0 Å². The maximum atomic E-state index is 12.5. The van der Waals surface area contributed by atoms with Gasteiger partial charge in [0, 0.05) is 16.9 Å². The van der Waals surface area contributed by atoms with Gasteiger partial charge in [0.2, 0.25) is 0 Å². The van der Waals surface area contributed by atoms with Crippen molar-refractivity contribution < 1.29 is 14.0 Å². The van der Waals surface area contributed by atoms with E-state index in [2.05, 4.69) is 16.0 Å². The number of benzene rings is 2. The third-order valence-corrected chi connectivity index (χ3v) is 6.29. The Hall–Kier alpha value is -3.17. The quantitative estimate of drug-likeness (QED) is 0.257. The fourth-order valence-electron chi connectivity index (χ4n) is 2.90. The van der Waals surface area contributed by atoms with Crippen molar-refractivity contribution in [2.24, 2.45) is 0 Å². The van der Waals surface area contributed by atoms with Gasteiger partial charge in [-0.3, -0.25) is 14.9 Å². The summed E-state index contributed by atoms with van der Waals surface area (Å²) in [4.78, 5) is 25.4. The molecule has 0 saturated heterocycles. The lowest BCUT2D eigenvalue weighted by molar-refractivity contribution is 0.0950. The van der Waals surface area contributed by atoms with E-state index in [0.717, 1.165) is 0 Å². The van der Waals surface area contributed by atoms with Crippen LogP contribution < -0.4 is 16.0 Å². The SMILES string of the molecule is O=C(NC(=S)Nc1cccc(NC(=O)c2cccs2)c1)c1ccc(-c2cccc(Cl)c2Cl)o1. The van der Waals surface area contributed by atoms with Gasteiger partial charge >= 0.3 is 0 Å². The van der Waals surface area contributed by atoms with Gasteiger partial charge in [0.15, 0.2) is 10.9 Å². The number of amides is 2. The Kier molecular flexibility index (Phi) is 7.10. The largest absolute Gasteiger partial charge is 0.451 e. The fourth-order valence-corrected chi connectivity index (χ4v) is 4.12. The van der Waals surface area contributed by atoms with Crippen LogP contribution in [0.15, 0.2) is 76.5 Å². The second-order valence-electron chi connectivity index (χ2n) is 6.69. The van der Waals surface area contributed by atoms with E-state index in [9.17, 15) is 9.59 Å². The van der Waals surface area contributed by atoms with Crippen LogP contribution in [0.4, 0.5) is 11.4 Å². The Balaban J connectivity index is 1.38. The fraction of sp³-hybridized carbons (Fsp3) is 0. The zero-order valence-corrected chi connectivity index (χ0v) is 19.9. The zero-order chi connectivity index (χ0) is 23.4. The standard InChI is InChI=1S/C23H15Cl2N3O3S2/c24-16-7-2-6-15(20(16)25)17-9-10-18(31-17)21(29)28-23(32)27-14-5-1-4-13(12-14)26-22(30)19-8-3-11-33-19/h1-12H,(H,26,30)(H2,27,28,29,32). The molecule has 6 nitrogen and oxygen atoms in total. The molecule has 0 spiro atoms. The van der Waals surface area contributed by atoms with Crippen LogP contribution in [0.2, 0.25) is 10.0 Å². The van der Waals surface area contributed by atoms with E-state index in [1.165, 1.54) is 17.4 Å². The molecule has 0 bridgehead atoms. The molecule has 0 saturated carbocycles. The van der Waals surface area contributed by atoms with Crippen LogP contribution >= 0.6 is 46.8 Å². The summed E-state index contributed by atoms with van der Waals surface area (Å²) in [7, 11) is 0. The summed E-state index contributed by atoms with van der Waals surface area (Å²) in [5.41, 5.74) is 1.75. The highest BCUT2D eigenvalue weighted by molar-refractivity contribution is 7.80. The molecule has 0 radical (unpaired) electrons. The summed E-state index contributed by atoms with van der Waals surface area (Å²) < 4.78 is 5.63. The highest BCUT2D eigenvalue weighted by atomic mass is 35.5. The summed E-state index contributed by atoms with van der Waals surface area (Å²) in [6.07, 6.45) is 0. The Morgan fingerprint density at radius 2 is 1.64 bits per heavy atom. The number of rotatable bonds is 5. The lowest BCUT2D eigenvalue weighted by atomic mass is 10.2. The third kappa shape index (κ3) is 5.61. The molecule has 166 valence electrons. The highest BCUT2D eigenvalue weighted by Gasteiger charge is 2.16. The van der Waals surface area contributed by atoms with Crippen molar-refractivity contribution in [1.29, 1.82) is 0 Å². The number of thiocarbonyl (C=S) groups is 1. The van der Waals surface area contributed by atoms with Crippen molar-refractivity contribution in [3.8, 4) is 11.3 Å². The van der Waals surface area contributed by atoms with E-state index in [-0.39, 0.29) is 16.8 Å². The summed E-state index contributed by atoms with van der Waals surface area (Å²) in [5.74, 6) is -0.270. The average Bonchev–Trinajstić information content (AvgIpc) is 3.48. The molecule has 4 aromatic rings. The Morgan fingerprint density at radius 1 is 0.879 bits per heavy atom. The van der Waals surface area contributed by atoms with Gasteiger partial charge in [-0.1, -0.05) is 41.4 Å². The van der Waals surface area contributed by atoms with Gasteiger partial charge in [0.05, 0.1) is 14.9 Å². The molecule has 4 rings (SSSR count). The van der Waals surface area contributed by atoms with Crippen LogP contribution in [0, 0.1) is 0 Å². The number of thiophene rings is 1. The third-order valence-electron chi connectivity index (χ3n) is 4.40. The molecule has 0 unspecified atom stereocenters. The van der Waals surface area contributed by atoms with Crippen molar-refractivity contribution in [1.82, 2.24) is 5.32 Å². The Morgan fingerprint density at radius 3 is 2.39 bits per heavy atom. The van der Waals surface area contributed by atoms with Crippen LogP contribution in [-0.2, 0) is 0 Å². The van der Waals surface area contributed by atoms with E-state index in [1.54, 1.807) is 54.6 Å². The van der Waals surface area contributed by atoms with Gasteiger partial charge in [0.1, 0.15) is 5.76 Å². The zero-order valence-electron chi connectivity index (χ0n) is 16.7. The number of nitrogens with one attached hydrogen (secondary N) is 3. The molecule has 10 heteroatoms. The van der Waals surface area contributed by atoms with Crippen LogP contribution in [-0.4, -0.2) is 16.9 Å². The average molecular weight is 516 g/mol. The molecule has 0 aliphatic carbocycles. The topological polar surface area (TPSA) is 83.4 Å². The summed E-state index contributed by atoms with van der Waals surface area (Å²) in [6, 6.07) is 18.8. The minimum absolute atomic E-state index is 0.0576. The maximum absolute atomic E-state index is 12.5. The van der Waals surface area contributed by atoms with Crippen LogP contribution in [0.25, 0.3) is 11.3 Å². The van der Waals surface area contributed by atoms with Crippen molar-refractivity contribution in [3.63, 3.8) is 0 Å². The monoisotopic (exact) mass is 515 g/mol. The van der Waals surface area contributed by atoms with Crippen molar-refractivity contribution in [3.05, 3.63) is 92.8 Å². The van der Waals surface area contributed by atoms with Gasteiger partial charge in [-0.25, -0.2) is 0 Å². The van der Waals surface area contributed by atoms with Crippen molar-refractivity contribution >= 4 is 75.1 Å². The number of carbonyl (C=O) groups excluding carboxylic acids is 2. The van der Waals surface area contributed by atoms with Gasteiger partial charge in [-0.05, 0) is 66.1 Å². The first-order valence-electron chi connectivity index (χ1n) is 9.52. The number of anilines is 2. The molecule has 0 aliphatic rings. The molecule has 2 amide bonds. The van der Waals surface area contributed by atoms with Gasteiger partial charge in [-0.2, -0.15) is 0 Å². The molecule has 0 fully saturated rings. The lowest BCUT2D eigenvalue weighted by Crippen LogP contribution is -2.33. The van der Waals surface area contributed by atoms with Crippen molar-refractivity contribution in [2.75, 3.05) is 10.6 Å². The lowest BCUT2D eigenvalue weighted by Gasteiger charge is -2.10. The molecule has 3 N–H and O–H groups in total. The van der Waals surface area contributed by atoms with E-state index < -0.39 is 5.91 Å². The minimum atomic E-state index is -0.529.